The lowest BCUT2D eigenvalue weighted by Crippen LogP contribution is -2.45. The number of aryl methyl sites for hydroxylation is 1. The van der Waals surface area contributed by atoms with E-state index >= 15 is 0 Å². The summed E-state index contributed by atoms with van der Waals surface area (Å²) in [4.78, 5) is 14.3. The van der Waals surface area contributed by atoms with Gasteiger partial charge in [0.15, 0.2) is 0 Å². The van der Waals surface area contributed by atoms with Crippen molar-refractivity contribution in [1.82, 2.24) is 14.7 Å². The van der Waals surface area contributed by atoms with Crippen LogP contribution in [0.25, 0.3) is 0 Å². The van der Waals surface area contributed by atoms with Crippen molar-refractivity contribution >= 4 is 18.3 Å². The van der Waals surface area contributed by atoms with E-state index in [-0.39, 0.29) is 30.8 Å². The molecular weight excluding hydrogens is 326 g/mol. The van der Waals surface area contributed by atoms with Gasteiger partial charge in [0, 0.05) is 30.4 Å². The number of hydrogen-bond donors (Lipinski definition) is 1. The molecule has 1 aliphatic heterocycles. The minimum absolute atomic E-state index is 0. The first kappa shape index (κ1) is 19.8. The number of amides is 1. The number of carbonyl (C=O) groups excluding carboxylic acids is 1. The first-order valence-corrected chi connectivity index (χ1v) is 7.67. The van der Waals surface area contributed by atoms with E-state index in [1.807, 2.05) is 6.92 Å². The van der Waals surface area contributed by atoms with Gasteiger partial charge in [0.1, 0.15) is 0 Å². The summed E-state index contributed by atoms with van der Waals surface area (Å²) in [7, 11) is 0. The molecule has 1 aliphatic rings. The first-order valence-electron chi connectivity index (χ1n) is 7.67. The largest absolute Gasteiger partial charge is 0.342 e. The predicted octanol–water partition coefficient (Wildman–Crippen LogP) is 2.45. The molecule has 0 spiro atoms. The van der Waals surface area contributed by atoms with Crippen molar-refractivity contribution in [3.63, 3.8) is 0 Å². The molecule has 2 atom stereocenters. The Balaban J connectivity index is 0.00000264. The normalized spacial score (nSPS) is 19.6. The highest BCUT2D eigenvalue weighted by atomic mass is 35.5. The minimum atomic E-state index is -2.68. The van der Waals surface area contributed by atoms with Gasteiger partial charge in [-0.2, -0.15) is 13.9 Å². The number of aromatic nitrogens is 2. The molecule has 2 unspecified atom stereocenters. The zero-order valence-electron chi connectivity index (χ0n) is 13.8. The highest BCUT2D eigenvalue weighted by Crippen LogP contribution is 2.23. The summed E-state index contributed by atoms with van der Waals surface area (Å²) >= 11 is 0. The standard InChI is InChI=1S/C15H24F2N4O.ClH/c1-9(18)12-5-4-6-20(8-12)14(22)7-13-10(2)19-21(11(13)3)15(16)17;/h9,12,15H,4-8,18H2,1-3H3;1H. The molecule has 1 aromatic heterocycles. The molecule has 1 aromatic rings. The smallest absolute Gasteiger partial charge is 0.333 e. The second-order valence-corrected chi connectivity index (χ2v) is 6.15. The van der Waals surface area contributed by atoms with E-state index < -0.39 is 6.55 Å². The lowest BCUT2D eigenvalue weighted by Gasteiger charge is -2.34. The van der Waals surface area contributed by atoms with E-state index in [2.05, 4.69) is 5.10 Å². The van der Waals surface area contributed by atoms with Crippen LogP contribution in [0.5, 0.6) is 0 Å². The molecule has 23 heavy (non-hydrogen) atoms. The van der Waals surface area contributed by atoms with Crippen LogP contribution >= 0.6 is 12.4 Å². The SMILES string of the molecule is Cc1nn(C(F)F)c(C)c1CC(=O)N1CCCC(C(C)N)C1.Cl. The third-order valence-electron chi connectivity index (χ3n) is 4.54. The Bertz CT molecular complexity index is 548. The summed E-state index contributed by atoms with van der Waals surface area (Å²) in [6.45, 7) is 3.88. The second kappa shape index (κ2) is 8.06. The quantitative estimate of drug-likeness (QED) is 0.907. The van der Waals surface area contributed by atoms with Crippen molar-refractivity contribution in [2.24, 2.45) is 11.7 Å². The summed E-state index contributed by atoms with van der Waals surface area (Å²) in [5.41, 5.74) is 7.39. The Hall–Kier alpha value is -1.21. The molecule has 5 nitrogen and oxygen atoms in total. The van der Waals surface area contributed by atoms with E-state index in [4.69, 9.17) is 5.73 Å². The summed E-state index contributed by atoms with van der Waals surface area (Å²) in [6.07, 6.45) is 2.09. The summed E-state index contributed by atoms with van der Waals surface area (Å²) in [6, 6.07) is 0.0562. The summed E-state index contributed by atoms with van der Waals surface area (Å²) in [5, 5.41) is 3.83. The van der Waals surface area contributed by atoms with Gasteiger partial charge in [-0.05, 0) is 39.5 Å². The molecule has 0 saturated carbocycles. The number of alkyl halides is 2. The van der Waals surface area contributed by atoms with Gasteiger partial charge >= 0.3 is 6.55 Å². The van der Waals surface area contributed by atoms with Crippen LogP contribution in [-0.2, 0) is 11.2 Å². The van der Waals surface area contributed by atoms with Gasteiger partial charge in [0.25, 0.3) is 0 Å². The van der Waals surface area contributed by atoms with Crippen LogP contribution in [-0.4, -0.2) is 39.7 Å². The minimum Gasteiger partial charge on any atom is -0.342 e. The number of halogens is 3. The average molecular weight is 351 g/mol. The van der Waals surface area contributed by atoms with E-state index in [1.165, 1.54) is 0 Å². The number of rotatable bonds is 4. The predicted molar refractivity (Wildman–Crippen MR) is 86.9 cm³/mol. The fourth-order valence-electron chi connectivity index (χ4n) is 3.07. The Kier molecular flexibility index (Phi) is 6.95. The molecular formula is C15H25ClF2N4O. The number of piperidine rings is 1. The van der Waals surface area contributed by atoms with Crippen LogP contribution in [0.4, 0.5) is 8.78 Å². The van der Waals surface area contributed by atoms with E-state index in [0.717, 1.165) is 12.8 Å². The second-order valence-electron chi connectivity index (χ2n) is 6.15. The van der Waals surface area contributed by atoms with Gasteiger partial charge in [-0.25, -0.2) is 4.68 Å². The maximum Gasteiger partial charge on any atom is 0.333 e. The average Bonchev–Trinajstić information content (AvgIpc) is 2.75. The zero-order valence-corrected chi connectivity index (χ0v) is 14.6. The number of nitrogens with zero attached hydrogens (tertiary/aromatic N) is 3. The van der Waals surface area contributed by atoms with E-state index in [1.54, 1.807) is 18.7 Å². The molecule has 1 fully saturated rings. The Morgan fingerprint density at radius 1 is 1.43 bits per heavy atom. The third kappa shape index (κ3) is 4.41. The molecule has 0 aromatic carbocycles. The van der Waals surface area contributed by atoms with Crippen LogP contribution in [0.3, 0.4) is 0 Å². The third-order valence-corrected chi connectivity index (χ3v) is 4.54. The topological polar surface area (TPSA) is 64.2 Å². The van der Waals surface area contributed by atoms with Gasteiger partial charge in [-0.15, -0.1) is 12.4 Å². The first-order chi connectivity index (χ1) is 10.3. The van der Waals surface area contributed by atoms with Gasteiger partial charge in [-0.1, -0.05) is 0 Å². The van der Waals surface area contributed by atoms with Crippen LogP contribution < -0.4 is 5.73 Å². The molecule has 2 N–H and O–H groups in total. The van der Waals surface area contributed by atoms with E-state index in [9.17, 15) is 13.6 Å². The fourth-order valence-corrected chi connectivity index (χ4v) is 3.07. The Morgan fingerprint density at radius 3 is 2.61 bits per heavy atom. The van der Waals surface area contributed by atoms with Gasteiger partial charge < -0.3 is 10.6 Å². The molecule has 1 saturated heterocycles. The number of carbonyl (C=O) groups is 1. The van der Waals surface area contributed by atoms with Crippen LogP contribution in [0.1, 0.15) is 43.3 Å². The number of hydrogen-bond acceptors (Lipinski definition) is 3. The highest BCUT2D eigenvalue weighted by Gasteiger charge is 2.27. The van der Waals surface area contributed by atoms with Crippen molar-refractivity contribution in [3.8, 4) is 0 Å². The van der Waals surface area contributed by atoms with Crippen molar-refractivity contribution in [2.75, 3.05) is 13.1 Å². The summed E-state index contributed by atoms with van der Waals surface area (Å²) < 4.78 is 26.4. The number of likely N-dealkylation sites (tertiary alicyclic amines) is 1. The molecule has 1 amide bonds. The fraction of sp³-hybridized carbons (Fsp3) is 0.733. The van der Waals surface area contributed by atoms with Crippen molar-refractivity contribution in [3.05, 3.63) is 17.0 Å². The van der Waals surface area contributed by atoms with Gasteiger partial charge in [-0.3, -0.25) is 4.79 Å². The van der Waals surface area contributed by atoms with Crippen molar-refractivity contribution < 1.29 is 13.6 Å². The molecule has 0 radical (unpaired) electrons. The Morgan fingerprint density at radius 2 is 2.09 bits per heavy atom. The summed E-state index contributed by atoms with van der Waals surface area (Å²) in [5.74, 6) is 0.272. The van der Waals surface area contributed by atoms with Gasteiger partial charge in [0.2, 0.25) is 5.91 Å². The van der Waals surface area contributed by atoms with Crippen molar-refractivity contribution in [1.29, 1.82) is 0 Å². The van der Waals surface area contributed by atoms with E-state index in [0.29, 0.717) is 40.6 Å². The molecule has 8 heteroatoms. The molecule has 0 aliphatic carbocycles. The molecule has 2 rings (SSSR count). The Labute approximate surface area is 141 Å². The molecule has 132 valence electrons. The lowest BCUT2D eigenvalue weighted by atomic mass is 9.92. The van der Waals surface area contributed by atoms with Crippen LogP contribution in [0.15, 0.2) is 0 Å². The molecule has 2 heterocycles. The maximum absolute atomic E-state index is 12.8. The molecule has 0 bridgehead atoms. The van der Waals surface area contributed by atoms with Gasteiger partial charge in [0.05, 0.1) is 12.1 Å². The lowest BCUT2D eigenvalue weighted by molar-refractivity contribution is -0.132. The zero-order chi connectivity index (χ0) is 16.4. The monoisotopic (exact) mass is 350 g/mol. The number of nitrogens with two attached hydrogens (primary N) is 1. The maximum atomic E-state index is 12.8. The highest BCUT2D eigenvalue weighted by molar-refractivity contribution is 5.85. The van der Waals surface area contributed by atoms with Crippen LogP contribution in [0, 0.1) is 19.8 Å². The van der Waals surface area contributed by atoms with Crippen molar-refractivity contribution in [2.45, 2.75) is 52.6 Å². The van der Waals surface area contributed by atoms with Crippen LogP contribution in [0.2, 0.25) is 0 Å².